The van der Waals surface area contributed by atoms with Gasteiger partial charge < -0.3 is 5.53 Å². The average molecular weight is 443 g/mol. The molecule has 1 aliphatic heterocycles. The molecule has 2 nitrogen and oxygen atoms in total. The van der Waals surface area contributed by atoms with Crippen molar-refractivity contribution >= 4 is 11.4 Å². The Morgan fingerprint density at radius 3 is 1.48 bits per heavy atom. The van der Waals surface area contributed by atoms with E-state index in [9.17, 15) is 5.53 Å². The van der Waals surface area contributed by atoms with Crippen molar-refractivity contribution in [2.45, 2.75) is 98.3 Å². The molecule has 3 rings (SSSR count). The lowest BCUT2D eigenvalue weighted by atomic mass is 9.92. The molecule has 0 unspecified atom stereocenters. The number of benzene rings is 2. The Balaban J connectivity index is 2.09. The van der Waals surface area contributed by atoms with Crippen LogP contribution in [0, 0.1) is 0 Å². The summed E-state index contributed by atoms with van der Waals surface area (Å²) in [7, 11) is 0. The van der Waals surface area contributed by atoms with Gasteiger partial charge in [-0.25, -0.2) is 4.70 Å². The van der Waals surface area contributed by atoms with Crippen LogP contribution in [0.3, 0.4) is 0 Å². The van der Waals surface area contributed by atoms with Crippen LogP contribution in [0.4, 0.5) is 0 Å². The highest BCUT2D eigenvalue weighted by atomic mass is 15.2. The first-order chi connectivity index (χ1) is 16.1. The fraction of sp³-hybridized carbons (Fsp3) is 0.484. The average Bonchev–Trinajstić information content (AvgIpc) is 3.11. The van der Waals surface area contributed by atoms with Crippen LogP contribution in [-0.2, 0) is 12.8 Å². The molecule has 2 aromatic carbocycles. The van der Waals surface area contributed by atoms with Gasteiger partial charge in [0.05, 0.1) is 0 Å². The van der Waals surface area contributed by atoms with Crippen molar-refractivity contribution in [3.63, 3.8) is 0 Å². The molecule has 0 N–H and O–H groups in total. The minimum Gasteiger partial charge on any atom is -0.493 e. The quantitative estimate of drug-likeness (QED) is 0.276. The summed E-state index contributed by atoms with van der Waals surface area (Å²) in [5, 5.41) is 0. The highest BCUT2D eigenvalue weighted by Crippen LogP contribution is 2.44. The van der Waals surface area contributed by atoms with E-state index in [1.165, 1.54) is 52.7 Å². The summed E-state index contributed by atoms with van der Waals surface area (Å²) >= 11 is 0. The fourth-order valence-corrected chi connectivity index (χ4v) is 4.90. The molecule has 0 atom stereocenters. The van der Waals surface area contributed by atoms with Crippen molar-refractivity contribution in [1.29, 1.82) is 0 Å². The predicted octanol–water partition coefficient (Wildman–Crippen LogP) is 9.53. The van der Waals surface area contributed by atoms with Crippen LogP contribution in [0.5, 0.6) is 0 Å². The number of hydrogen-bond acceptors (Lipinski definition) is 0. The summed E-state index contributed by atoms with van der Waals surface area (Å²) in [6.07, 6.45) is 12.3. The van der Waals surface area contributed by atoms with E-state index in [0.29, 0.717) is 0 Å². The SMILES string of the molecule is CCCCC1=C(c2cccc(CCCC)c2)[N+](=[N-])C(c2cccc(CCCC)c2)=C1CCC. The van der Waals surface area contributed by atoms with Gasteiger partial charge in [0.15, 0.2) is 0 Å². The standard InChI is InChI=1S/C31H42N2/c1-5-9-15-24-17-12-19-26(22-24)30-28(14-8-4)29(21-11-7-3)31(33(30)32)27-20-13-18-25(23-27)16-10-6-2/h12-13,17-20,22-23H,5-11,14-16,21H2,1-4H3. The van der Waals surface area contributed by atoms with E-state index in [1.807, 2.05) is 0 Å². The van der Waals surface area contributed by atoms with Gasteiger partial charge in [-0.3, -0.25) is 0 Å². The van der Waals surface area contributed by atoms with Crippen molar-refractivity contribution in [2.24, 2.45) is 0 Å². The summed E-state index contributed by atoms with van der Waals surface area (Å²) in [4.78, 5) is 0. The van der Waals surface area contributed by atoms with E-state index in [0.717, 1.165) is 67.5 Å². The number of allylic oxidation sites excluding steroid dienone is 2. The molecule has 176 valence electrons. The van der Waals surface area contributed by atoms with Crippen molar-refractivity contribution in [3.8, 4) is 0 Å². The van der Waals surface area contributed by atoms with E-state index in [4.69, 9.17) is 0 Å². The van der Waals surface area contributed by atoms with E-state index in [-0.39, 0.29) is 0 Å². The monoisotopic (exact) mass is 442 g/mol. The molecule has 2 aromatic rings. The fourth-order valence-electron chi connectivity index (χ4n) is 4.90. The second-order valence-corrected chi connectivity index (χ2v) is 9.43. The van der Waals surface area contributed by atoms with Gasteiger partial charge in [0, 0.05) is 22.3 Å². The minimum atomic E-state index is 0.990. The lowest BCUT2D eigenvalue weighted by Crippen LogP contribution is -2.03. The maximum Gasteiger partial charge on any atom is 0.211 e. The first-order valence-corrected chi connectivity index (χ1v) is 13.3. The van der Waals surface area contributed by atoms with Gasteiger partial charge >= 0.3 is 0 Å². The zero-order chi connectivity index (χ0) is 23.6. The van der Waals surface area contributed by atoms with Crippen LogP contribution in [0.25, 0.3) is 16.9 Å². The third-order valence-corrected chi connectivity index (χ3v) is 6.68. The second kappa shape index (κ2) is 12.7. The lowest BCUT2D eigenvalue weighted by molar-refractivity contribution is -0.345. The third-order valence-electron chi connectivity index (χ3n) is 6.68. The van der Waals surface area contributed by atoms with Gasteiger partial charge in [-0.1, -0.05) is 77.6 Å². The maximum absolute atomic E-state index is 11.7. The second-order valence-electron chi connectivity index (χ2n) is 9.43. The molecular weight excluding hydrogens is 400 g/mol. The molecule has 0 aliphatic carbocycles. The van der Waals surface area contributed by atoms with Crippen molar-refractivity contribution < 1.29 is 4.70 Å². The molecule has 0 spiro atoms. The molecule has 1 heterocycles. The molecule has 0 radical (unpaired) electrons. The normalized spacial score (nSPS) is 14.0. The Hall–Kier alpha value is -2.48. The number of rotatable bonds is 13. The molecule has 0 fully saturated rings. The molecule has 1 aliphatic rings. The number of aryl methyl sites for hydroxylation is 2. The first-order valence-electron chi connectivity index (χ1n) is 13.3. The Kier molecular flexibility index (Phi) is 9.66. The van der Waals surface area contributed by atoms with Crippen molar-refractivity contribution in [3.05, 3.63) is 87.5 Å². The van der Waals surface area contributed by atoms with Gasteiger partial charge in [-0.05, 0) is 80.3 Å². The van der Waals surface area contributed by atoms with Crippen molar-refractivity contribution in [1.82, 2.24) is 0 Å². The molecule has 0 bridgehead atoms. The number of nitrogens with zero attached hydrogens (tertiary/aromatic N) is 2. The molecule has 2 heteroatoms. The van der Waals surface area contributed by atoms with Crippen LogP contribution in [0.15, 0.2) is 59.7 Å². The molecule has 0 saturated carbocycles. The summed E-state index contributed by atoms with van der Waals surface area (Å²) in [5.41, 5.74) is 21.3. The molecular formula is C31H42N2. The minimum absolute atomic E-state index is 0.990. The molecule has 33 heavy (non-hydrogen) atoms. The Bertz CT molecular complexity index is 1010. The van der Waals surface area contributed by atoms with Crippen LogP contribution in [0.1, 0.15) is 108 Å². The summed E-state index contributed by atoms with van der Waals surface area (Å²) in [6.45, 7) is 8.97. The van der Waals surface area contributed by atoms with Gasteiger partial charge in [-0.2, -0.15) is 0 Å². The lowest BCUT2D eigenvalue weighted by Gasteiger charge is -2.11. The maximum atomic E-state index is 11.7. The number of hydrogen-bond donors (Lipinski definition) is 0. The first kappa shape index (κ1) is 25.1. The molecule has 0 amide bonds. The van der Waals surface area contributed by atoms with E-state index >= 15 is 0 Å². The third kappa shape index (κ3) is 6.10. The van der Waals surface area contributed by atoms with Gasteiger partial charge in [0.25, 0.3) is 0 Å². The van der Waals surface area contributed by atoms with Crippen molar-refractivity contribution in [2.75, 3.05) is 0 Å². The highest BCUT2D eigenvalue weighted by molar-refractivity contribution is 5.82. The Morgan fingerprint density at radius 2 is 1.03 bits per heavy atom. The largest absolute Gasteiger partial charge is 0.493 e. The van der Waals surface area contributed by atoms with E-state index in [1.54, 1.807) is 0 Å². The summed E-state index contributed by atoms with van der Waals surface area (Å²) in [5.74, 6) is 0. The zero-order valence-electron chi connectivity index (χ0n) is 21.3. The van der Waals surface area contributed by atoms with Gasteiger partial charge in [0.1, 0.15) is 0 Å². The van der Waals surface area contributed by atoms with E-state index < -0.39 is 0 Å². The van der Waals surface area contributed by atoms with E-state index in [2.05, 4.69) is 76.2 Å². The number of unbranched alkanes of at least 4 members (excludes halogenated alkanes) is 3. The van der Waals surface area contributed by atoms with Crippen LogP contribution in [-0.4, -0.2) is 4.70 Å². The molecule has 0 aromatic heterocycles. The van der Waals surface area contributed by atoms with Gasteiger partial charge in [0.2, 0.25) is 11.4 Å². The van der Waals surface area contributed by atoms with Crippen LogP contribution in [0.2, 0.25) is 0 Å². The Morgan fingerprint density at radius 1 is 0.576 bits per heavy atom. The zero-order valence-corrected chi connectivity index (χ0v) is 21.3. The van der Waals surface area contributed by atoms with Crippen LogP contribution >= 0.6 is 0 Å². The van der Waals surface area contributed by atoms with Gasteiger partial charge in [-0.15, -0.1) is 0 Å². The smallest absolute Gasteiger partial charge is 0.211 e. The van der Waals surface area contributed by atoms with Crippen LogP contribution < -0.4 is 0 Å². The highest BCUT2D eigenvalue weighted by Gasteiger charge is 2.35. The predicted molar refractivity (Wildman–Crippen MR) is 142 cm³/mol. The summed E-state index contributed by atoms with van der Waals surface area (Å²) in [6, 6.07) is 17.7. The summed E-state index contributed by atoms with van der Waals surface area (Å²) < 4.78 is 1.52. The molecule has 0 saturated heterocycles. The topological polar surface area (TPSA) is 25.3 Å². The Labute approximate surface area is 201 Å².